The van der Waals surface area contributed by atoms with Crippen LogP contribution >= 0.6 is 0 Å². The van der Waals surface area contributed by atoms with Crippen molar-refractivity contribution < 1.29 is 39.6 Å². The average Bonchev–Trinajstić information content (AvgIpc) is 2.16. The topological polar surface area (TPSA) is 213 Å². The molecule has 0 heterocycles. The minimum Gasteiger partial charge on any atom is -0.550 e. The predicted octanol–water partition coefficient (Wildman–Crippen LogP) is -8.35. The first-order chi connectivity index (χ1) is 8.07. The fraction of sp³-hybridized carbons (Fsp3) is 0.500. The Morgan fingerprint density at radius 1 is 0.750 bits per heavy atom. The standard InChI is InChI=1S/2C4H7NO4.Ca.Mg/c2*5-2(4(8)9)1-3(6)7;;/h2*2H,1,5H2,(H,6,7)(H,8,9);;/q;;2*+2/p-4. The summed E-state index contributed by atoms with van der Waals surface area (Å²) >= 11 is 0. The third kappa shape index (κ3) is 20.1. The van der Waals surface area contributed by atoms with E-state index in [9.17, 15) is 39.6 Å². The molecule has 0 aromatic rings. The molecule has 0 aliphatic carbocycles. The third-order valence-corrected chi connectivity index (χ3v) is 1.38. The number of carbonyl (C=O) groups excluding carboxylic acids is 4. The molecule has 2 atom stereocenters. The Balaban J connectivity index is -0.000000116. The van der Waals surface area contributed by atoms with Gasteiger partial charge >= 0.3 is 60.8 Å². The first-order valence-electron chi connectivity index (χ1n) is 4.40. The Morgan fingerprint density at radius 3 is 1.00 bits per heavy atom. The summed E-state index contributed by atoms with van der Waals surface area (Å²) in [7, 11) is 0. The first kappa shape index (κ1) is 28.1. The molecule has 4 N–H and O–H groups in total. The van der Waals surface area contributed by atoms with Gasteiger partial charge in [0.05, 0.1) is 11.9 Å². The molecular formula is C8H10CaMgN2O8. The van der Waals surface area contributed by atoms with Crippen LogP contribution in [0.15, 0.2) is 0 Å². The van der Waals surface area contributed by atoms with E-state index >= 15 is 0 Å². The van der Waals surface area contributed by atoms with Crippen LogP contribution in [-0.4, -0.2) is 96.8 Å². The summed E-state index contributed by atoms with van der Waals surface area (Å²) in [4.78, 5) is 38.7. The van der Waals surface area contributed by atoms with Gasteiger partial charge in [0, 0.05) is 36.9 Å². The molecule has 0 amide bonds. The fourth-order valence-corrected chi connectivity index (χ4v) is 0.526. The molecule has 0 saturated heterocycles. The molecule has 0 aliphatic heterocycles. The maximum Gasteiger partial charge on any atom is 2.00 e. The molecule has 0 aromatic heterocycles. The van der Waals surface area contributed by atoms with Crippen molar-refractivity contribution >= 4 is 84.7 Å². The number of rotatable bonds is 6. The zero-order valence-electron chi connectivity index (χ0n) is 10.4. The maximum atomic E-state index is 9.71. The average molecular weight is 327 g/mol. The fourth-order valence-electron chi connectivity index (χ4n) is 0.526. The normalized spacial score (nSPS) is 11.3. The molecule has 0 spiro atoms. The summed E-state index contributed by atoms with van der Waals surface area (Å²) < 4.78 is 0. The molecule has 2 unspecified atom stereocenters. The van der Waals surface area contributed by atoms with E-state index in [1.165, 1.54) is 0 Å². The second-order valence-electron chi connectivity index (χ2n) is 3.00. The van der Waals surface area contributed by atoms with Crippen molar-refractivity contribution in [1.82, 2.24) is 0 Å². The van der Waals surface area contributed by atoms with Crippen LogP contribution in [0.3, 0.4) is 0 Å². The second kappa shape index (κ2) is 15.2. The Kier molecular flexibility index (Phi) is 21.3. The van der Waals surface area contributed by atoms with E-state index in [1.54, 1.807) is 0 Å². The van der Waals surface area contributed by atoms with Crippen molar-refractivity contribution in [3.8, 4) is 0 Å². The van der Waals surface area contributed by atoms with Gasteiger partial charge in [-0.1, -0.05) is 0 Å². The van der Waals surface area contributed by atoms with Crippen LogP contribution in [0.5, 0.6) is 0 Å². The number of carboxylic acid groups (broad SMARTS) is 4. The largest absolute Gasteiger partial charge is 2.00 e. The van der Waals surface area contributed by atoms with E-state index in [2.05, 4.69) is 0 Å². The van der Waals surface area contributed by atoms with Crippen molar-refractivity contribution in [1.29, 1.82) is 0 Å². The van der Waals surface area contributed by atoms with Gasteiger partial charge in [0.25, 0.3) is 0 Å². The van der Waals surface area contributed by atoms with Crippen LogP contribution < -0.4 is 31.9 Å². The zero-order chi connectivity index (χ0) is 14.9. The van der Waals surface area contributed by atoms with Crippen molar-refractivity contribution in [3.05, 3.63) is 0 Å². The van der Waals surface area contributed by atoms with Crippen LogP contribution in [0.1, 0.15) is 12.8 Å². The second-order valence-corrected chi connectivity index (χ2v) is 3.00. The Labute approximate surface area is 159 Å². The van der Waals surface area contributed by atoms with E-state index in [0.29, 0.717) is 0 Å². The van der Waals surface area contributed by atoms with Crippen molar-refractivity contribution in [2.24, 2.45) is 11.5 Å². The van der Waals surface area contributed by atoms with E-state index < -0.39 is 48.8 Å². The smallest absolute Gasteiger partial charge is 0.550 e. The van der Waals surface area contributed by atoms with Gasteiger partial charge in [-0.3, -0.25) is 0 Å². The van der Waals surface area contributed by atoms with Crippen molar-refractivity contribution in [2.75, 3.05) is 0 Å². The van der Waals surface area contributed by atoms with Gasteiger partial charge < -0.3 is 51.1 Å². The van der Waals surface area contributed by atoms with Gasteiger partial charge in [-0.05, 0) is 0 Å². The number of hydrogen-bond acceptors (Lipinski definition) is 10. The van der Waals surface area contributed by atoms with E-state index in [4.69, 9.17) is 11.5 Å². The SMILES string of the molecule is NC(CC(=O)[O-])C(=O)[O-].NC(CC(=O)[O-])C(=O)[O-].[Ca+2].[Mg+2]. The van der Waals surface area contributed by atoms with Crippen LogP contribution in [-0.2, 0) is 19.2 Å². The maximum absolute atomic E-state index is 9.71. The van der Waals surface area contributed by atoms with Gasteiger partial charge in [0.1, 0.15) is 0 Å². The van der Waals surface area contributed by atoms with Crippen molar-refractivity contribution in [3.63, 3.8) is 0 Å². The third-order valence-electron chi connectivity index (χ3n) is 1.38. The predicted molar refractivity (Wildman–Crippen MR) is 56.7 cm³/mol. The van der Waals surface area contributed by atoms with Crippen LogP contribution in [0.25, 0.3) is 0 Å². The summed E-state index contributed by atoms with van der Waals surface area (Å²) in [6, 6.07) is -2.93. The molecule has 20 heavy (non-hydrogen) atoms. The number of aliphatic carboxylic acids is 4. The minimum absolute atomic E-state index is 0. The van der Waals surface area contributed by atoms with Gasteiger partial charge in [0.15, 0.2) is 0 Å². The molecule has 0 aromatic carbocycles. The first-order valence-corrected chi connectivity index (χ1v) is 4.40. The molecule has 0 rings (SSSR count). The molecule has 10 nitrogen and oxygen atoms in total. The summed E-state index contributed by atoms with van der Waals surface area (Å²) in [5.41, 5.74) is 9.47. The summed E-state index contributed by atoms with van der Waals surface area (Å²) in [5, 5.41) is 38.7. The van der Waals surface area contributed by atoms with Gasteiger partial charge in [0.2, 0.25) is 0 Å². The quantitative estimate of drug-likeness (QED) is 0.439. The number of carboxylic acids is 4. The van der Waals surface area contributed by atoms with Crippen LogP contribution in [0, 0.1) is 0 Å². The van der Waals surface area contributed by atoms with Gasteiger partial charge in [-0.2, -0.15) is 0 Å². The van der Waals surface area contributed by atoms with Crippen molar-refractivity contribution in [2.45, 2.75) is 24.9 Å². The number of hydrogen-bond donors (Lipinski definition) is 2. The Hall–Kier alpha value is -0.174. The summed E-state index contributed by atoms with van der Waals surface area (Å²) in [5.74, 6) is -6.16. The van der Waals surface area contributed by atoms with Crippen LogP contribution in [0.2, 0.25) is 0 Å². The number of nitrogens with two attached hydrogens (primary N) is 2. The molecule has 12 heteroatoms. The molecule has 0 aliphatic rings. The molecule has 104 valence electrons. The molecular weight excluding hydrogens is 316 g/mol. The number of carbonyl (C=O) groups is 4. The van der Waals surface area contributed by atoms with E-state index in [1.807, 2.05) is 0 Å². The molecule has 0 fully saturated rings. The molecule has 0 bridgehead atoms. The zero-order valence-corrected chi connectivity index (χ0v) is 14.0. The summed E-state index contributed by atoms with van der Waals surface area (Å²) in [6.07, 6.45) is -1.41. The van der Waals surface area contributed by atoms with E-state index in [0.717, 1.165) is 0 Å². The minimum atomic E-state index is -1.58. The Morgan fingerprint density at radius 2 is 0.950 bits per heavy atom. The summed E-state index contributed by atoms with van der Waals surface area (Å²) in [6.45, 7) is 0. The van der Waals surface area contributed by atoms with E-state index in [-0.39, 0.29) is 60.8 Å². The monoisotopic (exact) mass is 326 g/mol. The van der Waals surface area contributed by atoms with Gasteiger partial charge in [-0.15, -0.1) is 0 Å². The van der Waals surface area contributed by atoms with Crippen LogP contribution in [0.4, 0.5) is 0 Å². The molecule has 0 saturated carbocycles. The molecule has 0 radical (unpaired) electrons. The van der Waals surface area contributed by atoms with Gasteiger partial charge in [-0.25, -0.2) is 0 Å². The Bertz CT molecular complexity index is 308.